The van der Waals surface area contributed by atoms with Gasteiger partial charge in [0.2, 0.25) is 0 Å². The van der Waals surface area contributed by atoms with Crippen molar-refractivity contribution < 1.29 is 0 Å². The van der Waals surface area contributed by atoms with Gasteiger partial charge in [-0.3, -0.25) is 4.57 Å². The van der Waals surface area contributed by atoms with Gasteiger partial charge in [0.25, 0.3) is 0 Å². The zero-order chi connectivity index (χ0) is 34.9. The van der Waals surface area contributed by atoms with Crippen LogP contribution in [0.3, 0.4) is 0 Å². The zero-order valence-corrected chi connectivity index (χ0v) is 30.2. The Morgan fingerprint density at radius 3 is 1.47 bits per heavy atom. The molecule has 0 saturated carbocycles. The Balaban J connectivity index is 1.11. The van der Waals surface area contributed by atoms with Crippen LogP contribution in [0.4, 0.5) is 0 Å². The first kappa shape index (κ1) is 30.3. The number of rotatable bonds is 5. The molecule has 8 aromatic carbocycles. The van der Waals surface area contributed by atoms with E-state index in [1.165, 1.54) is 68.2 Å². The van der Waals surface area contributed by atoms with Crippen LogP contribution in [0.1, 0.15) is 0 Å². The average molecular weight is 711 g/mol. The van der Waals surface area contributed by atoms with Gasteiger partial charge in [-0.25, -0.2) is 4.98 Å². The molecule has 0 radical (unpaired) electrons. The molecule has 0 amide bonds. The van der Waals surface area contributed by atoms with Gasteiger partial charge < -0.3 is 0 Å². The van der Waals surface area contributed by atoms with Gasteiger partial charge in [-0.05, 0) is 118 Å². The van der Waals surface area contributed by atoms with Crippen molar-refractivity contribution in [3.63, 3.8) is 0 Å². The zero-order valence-electron chi connectivity index (χ0n) is 28.5. The largest absolute Gasteiger partial charge is 0.292 e. The van der Waals surface area contributed by atoms with Crippen LogP contribution < -0.4 is 0 Å². The van der Waals surface area contributed by atoms with Gasteiger partial charge in [-0.2, -0.15) is 0 Å². The third-order valence-corrected chi connectivity index (χ3v) is 12.7. The van der Waals surface area contributed by atoms with E-state index >= 15 is 0 Å². The molecule has 0 atom stereocenters. The molecule has 2 nitrogen and oxygen atoms in total. The maximum atomic E-state index is 5.19. The number of imidazole rings is 1. The fourth-order valence-electron chi connectivity index (χ4n) is 7.83. The van der Waals surface area contributed by atoms with Crippen LogP contribution in [-0.4, -0.2) is 9.55 Å². The Hall–Kier alpha value is -6.33. The van der Waals surface area contributed by atoms with E-state index in [2.05, 4.69) is 187 Å². The molecule has 248 valence electrons. The van der Waals surface area contributed by atoms with Gasteiger partial charge >= 0.3 is 0 Å². The first-order valence-corrected chi connectivity index (χ1v) is 19.5. The van der Waals surface area contributed by atoms with E-state index in [4.69, 9.17) is 4.98 Å². The van der Waals surface area contributed by atoms with Crippen molar-refractivity contribution in [3.05, 3.63) is 182 Å². The molecule has 0 fully saturated rings. The molecule has 0 bridgehead atoms. The summed E-state index contributed by atoms with van der Waals surface area (Å²) in [5.41, 5.74) is 11.4. The summed E-state index contributed by atoms with van der Waals surface area (Å²) >= 11 is 3.72. The van der Waals surface area contributed by atoms with Crippen LogP contribution in [0.25, 0.3) is 102 Å². The lowest BCUT2D eigenvalue weighted by Crippen LogP contribution is -1.97. The molecular weight excluding hydrogens is 681 g/mol. The number of benzene rings is 8. The highest BCUT2D eigenvalue weighted by Crippen LogP contribution is 2.41. The monoisotopic (exact) mass is 710 g/mol. The number of hydrogen-bond donors (Lipinski definition) is 0. The third-order valence-electron chi connectivity index (χ3n) is 10.4. The number of hydrogen-bond acceptors (Lipinski definition) is 3. The molecule has 0 N–H and O–H groups in total. The van der Waals surface area contributed by atoms with Crippen LogP contribution in [-0.2, 0) is 0 Å². The Labute approximate surface area is 314 Å². The molecule has 0 aliphatic heterocycles. The van der Waals surface area contributed by atoms with E-state index in [9.17, 15) is 0 Å². The minimum atomic E-state index is 0.931. The summed E-state index contributed by atoms with van der Waals surface area (Å²) in [5, 5.41) is 5.25. The standard InChI is InChI=1S/C49H30N2S2/c1-2-13-38(14-3-1)51-44-18-7-6-17-43(44)50-49(51)34-12-10-11-31(25-34)35-26-36(32-21-23-47-41(29-32)39-15-4-8-19-45(39)52-47)28-37(27-35)33-22-24-48-42(30-33)40-16-5-9-20-46(40)53-48/h1-30H. The second-order valence-electron chi connectivity index (χ2n) is 13.6. The van der Waals surface area contributed by atoms with Crippen LogP contribution in [0.15, 0.2) is 182 Å². The van der Waals surface area contributed by atoms with Gasteiger partial charge in [-0.1, -0.05) is 97.1 Å². The predicted molar refractivity (Wildman–Crippen MR) is 229 cm³/mol. The van der Waals surface area contributed by atoms with Gasteiger partial charge in [0.15, 0.2) is 0 Å². The molecule has 0 aliphatic rings. The van der Waals surface area contributed by atoms with Crippen LogP contribution >= 0.6 is 22.7 Å². The quantitative estimate of drug-likeness (QED) is 0.174. The summed E-state index contributed by atoms with van der Waals surface area (Å²) in [6, 6.07) is 66.3. The van der Waals surface area contributed by atoms with E-state index in [1.807, 2.05) is 22.7 Å². The topological polar surface area (TPSA) is 17.8 Å². The van der Waals surface area contributed by atoms with E-state index in [0.29, 0.717) is 0 Å². The number of fused-ring (bicyclic) bond motifs is 7. The van der Waals surface area contributed by atoms with E-state index < -0.39 is 0 Å². The van der Waals surface area contributed by atoms with Crippen molar-refractivity contribution in [2.24, 2.45) is 0 Å². The molecule has 0 unspecified atom stereocenters. The molecule has 0 spiro atoms. The lowest BCUT2D eigenvalue weighted by atomic mass is 9.92. The predicted octanol–water partition coefficient (Wildman–Crippen LogP) is 14.4. The number of nitrogens with zero attached hydrogens (tertiary/aromatic N) is 2. The summed E-state index contributed by atoms with van der Waals surface area (Å²) < 4.78 is 7.55. The molecule has 11 aromatic rings. The lowest BCUT2D eigenvalue weighted by molar-refractivity contribution is 1.10. The molecule has 3 aromatic heterocycles. The fraction of sp³-hybridized carbons (Fsp3) is 0. The molecule has 53 heavy (non-hydrogen) atoms. The van der Waals surface area contributed by atoms with E-state index in [0.717, 1.165) is 33.7 Å². The molecule has 11 rings (SSSR count). The number of thiophene rings is 2. The number of aromatic nitrogens is 2. The van der Waals surface area contributed by atoms with Crippen LogP contribution in [0.5, 0.6) is 0 Å². The summed E-state index contributed by atoms with van der Waals surface area (Å²) in [6.07, 6.45) is 0. The maximum Gasteiger partial charge on any atom is 0.145 e. The molecule has 0 saturated heterocycles. The first-order valence-electron chi connectivity index (χ1n) is 17.9. The molecule has 4 heteroatoms. The third kappa shape index (κ3) is 5.10. The Morgan fingerprint density at radius 1 is 0.340 bits per heavy atom. The second kappa shape index (κ2) is 12.1. The summed E-state index contributed by atoms with van der Waals surface area (Å²) in [5.74, 6) is 0.931. The minimum absolute atomic E-state index is 0.931. The van der Waals surface area contributed by atoms with E-state index in [-0.39, 0.29) is 0 Å². The average Bonchev–Trinajstić information content (AvgIpc) is 3.92. The van der Waals surface area contributed by atoms with Gasteiger partial charge in [0.1, 0.15) is 5.82 Å². The summed E-state index contributed by atoms with van der Waals surface area (Å²) in [6.45, 7) is 0. The van der Waals surface area contributed by atoms with Gasteiger partial charge in [0.05, 0.1) is 11.0 Å². The fourth-order valence-corrected chi connectivity index (χ4v) is 10.0. The van der Waals surface area contributed by atoms with Crippen molar-refractivity contribution >= 4 is 74.1 Å². The molecule has 0 aliphatic carbocycles. The Bertz CT molecular complexity index is 3050. The van der Waals surface area contributed by atoms with Crippen molar-refractivity contribution in [1.82, 2.24) is 9.55 Å². The highest BCUT2D eigenvalue weighted by Gasteiger charge is 2.16. The van der Waals surface area contributed by atoms with Crippen molar-refractivity contribution in [2.45, 2.75) is 0 Å². The Kier molecular flexibility index (Phi) is 6.94. The Morgan fingerprint density at radius 2 is 0.830 bits per heavy atom. The molecular formula is C49H30N2S2. The highest BCUT2D eigenvalue weighted by molar-refractivity contribution is 7.26. The highest BCUT2D eigenvalue weighted by atomic mass is 32.1. The lowest BCUT2D eigenvalue weighted by Gasteiger charge is -2.14. The van der Waals surface area contributed by atoms with Crippen LogP contribution in [0, 0.1) is 0 Å². The number of para-hydroxylation sites is 3. The van der Waals surface area contributed by atoms with Crippen LogP contribution in [0.2, 0.25) is 0 Å². The first-order chi connectivity index (χ1) is 26.2. The van der Waals surface area contributed by atoms with Crippen molar-refractivity contribution in [2.75, 3.05) is 0 Å². The van der Waals surface area contributed by atoms with Gasteiger partial charge in [0, 0.05) is 51.6 Å². The summed E-state index contributed by atoms with van der Waals surface area (Å²) in [7, 11) is 0. The smallest absolute Gasteiger partial charge is 0.145 e. The maximum absolute atomic E-state index is 5.19. The second-order valence-corrected chi connectivity index (χ2v) is 15.8. The normalized spacial score (nSPS) is 11.8. The van der Waals surface area contributed by atoms with Crippen molar-refractivity contribution in [3.8, 4) is 50.5 Å². The minimum Gasteiger partial charge on any atom is -0.292 e. The van der Waals surface area contributed by atoms with Gasteiger partial charge in [-0.15, -0.1) is 22.7 Å². The molecule has 3 heterocycles. The van der Waals surface area contributed by atoms with Crippen molar-refractivity contribution in [1.29, 1.82) is 0 Å². The summed E-state index contributed by atoms with van der Waals surface area (Å²) in [4.78, 5) is 5.19. The van der Waals surface area contributed by atoms with E-state index in [1.54, 1.807) is 0 Å². The SMILES string of the molecule is c1ccc(-n2c(-c3cccc(-c4cc(-c5ccc6sc7ccccc7c6c5)cc(-c5ccc6sc7ccccc7c6c5)c4)c3)nc3ccccc32)cc1.